The van der Waals surface area contributed by atoms with Crippen molar-refractivity contribution in [3.63, 3.8) is 0 Å². The third kappa shape index (κ3) is 3.51. The fourth-order valence-corrected chi connectivity index (χ4v) is 1.35. The van der Waals surface area contributed by atoms with Crippen LogP contribution in [0.3, 0.4) is 0 Å². The lowest BCUT2D eigenvalue weighted by molar-refractivity contribution is -0.156. The summed E-state index contributed by atoms with van der Waals surface area (Å²) >= 11 is 0. The summed E-state index contributed by atoms with van der Waals surface area (Å²) in [7, 11) is 1.39. The molecule has 0 spiro atoms. The molecule has 88 valence electrons. The normalized spacial score (nSPS) is 15.6. The molecule has 0 aromatic heterocycles. The number of likely N-dealkylation sites (N-methyl/N-ethyl adjacent to an activating group) is 1. The summed E-state index contributed by atoms with van der Waals surface area (Å²) in [6.07, 6.45) is -1.10. The van der Waals surface area contributed by atoms with Crippen molar-refractivity contribution < 1.29 is 19.8 Å². The summed E-state index contributed by atoms with van der Waals surface area (Å²) in [5.41, 5.74) is -0.655. The van der Waals surface area contributed by atoms with Gasteiger partial charge in [-0.25, -0.2) is 4.79 Å². The van der Waals surface area contributed by atoms with Crippen LogP contribution < -0.4 is 0 Å². The van der Waals surface area contributed by atoms with Gasteiger partial charge in [-0.1, -0.05) is 20.8 Å². The molecule has 15 heavy (non-hydrogen) atoms. The van der Waals surface area contributed by atoms with E-state index >= 15 is 0 Å². The van der Waals surface area contributed by atoms with E-state index in [0.29, 0.717) is 0 Å². The van der Waals surface area contributed by atoms with Crippen molar-refractivity contribution in [2.75, 3.05) is 7.05 Å². The molecule has 0 aliphatic carbocycles. The minimum Gasteiger partial charge on any atom is -0.480 e. The van der Waals surface area contributed by atoms with Crippen LogP contribution in [0.1, 0.15) is 27.7 Å². The number of hydrogen-bond donors (Lipinski definition) is 2. The van der Waals surface area contributed by atoms with Gasteiger partial charge in [-0.05, 0) is 6.92 Å². The molecule has 0 rings (SSSR count). The third-order valence-electron chi connectivity index (χ3n) is 2.09. The zero-order valence-electron chi connectivity index (χ0n) is 9.81. The van der Waals surface area contributed by atoms with E-state index in [1.807, 2.05) is 0 Å². The highest BCUT2D eigenvalue weighted by Gasteiger charge is 2.35. The lowest BCUT2D eigenvalue weighted by Crippen LogP contribution is -2.51. The number of carboxylic acids is 1. The van der Waals surface area contributed by atoms with Crippen molar-refractivity contribution in [3.05, 3.63) is 0 Å². The first-order chi connectivity index (χ1) is 6.59. The molecular weight excluding hydrogens is 198 g/mol. The summed E-state index contributed by atoms with van der Waals surface area (Å²) in [4.78, 5) is 23.7. The number of carboxylic acid groups (broad SMARTS) is 1. The Morgan fingerprint density at radius 3 is 1.87 bits per heavy atom. The number of nitrogens with zero attached hydrogens (tertiary/aromatic N) is 1. The average molecular weight is 217 g/mol. The van der Waals surface area contributed by atoms with Gasteiger partial charge in [0.25, 0.3) is 0 Å². The standard InChI is InChI=1S/C10H19NO4/c1-6(12)7(8(13)14)11(5)9(15)10(2,3)4/h6-7,12H,1-5H3,(H,13,14)/t6-,7+/m1/s1. The van der Waals surface area contributed by atoms with Gasteiger partial charge in [0.2, 0.25) is 5.91 Å². The van der Waals surface area contributed by atoms with Crippen molar-refractivity contribution in [3.8, 4) is 0 Å². The first-order valence-corrected chi connectivity index (χ1v) is 4.77. The highest BCUT2D eigenvalue weighted by Crippen LogP contribution is 2.19. The minimum atomic E-state index is -1.20. The smallest absolute Gasteiger partial charge is 0.329 e. The second kappa shape index (κ2) is 4.61. The summed E-state index contributed by atoms with van der Waals surface area (Å²) < 4.78 is 0. The van der Waals surface area contributed by atoms with Gasteiger partial charge < -0.3 is 15.1 Å². The van der Waals surface area contributed by atoms with Gasteiger partial charge in [0.05, 0.1) is 6.10 Å². The maximum absolute atomic E-state index is 11.8. The molecule has 0 fully saturated rings. The number of carbonyl (C=O) groups excluding carboxylic acids is 1. The Bertz CT molecular complexity index is 255. The zero-order chi connectivity index (χ0) is 12.4. The highest BCUT2D eigenvalue weighted by atomic mass is 16.4. The number of aliphatic hydroxyl groups is 1. The lowest BCUT2D eigenvalue weighted by Gasteiger charge is -2.32. The lowest BCUT2D eigenvalue weighted by atomic mass is 9.93. The molecule has 0 aromatic rings. The van der Waals surface area contributed by atoms with E-state index in [-0.39, 0.29) is 5.91 Å². The molecular formula is C10H19NO4. The predicted molar refractivity (Wildman–Crippen MR) is 55.3 cm³/mol. The fourth-order valence-electron chi connectivity index (χ4n) is 1.35. The van der Waals surface area contributed by atoms with Crippen LogP contribution in [0.25, 0.3) is 0 Å². The number of amides is 1. The van der Waals surface area contributed by atoms with Gasteiger partial charge in [-0.2, -0.15) is 0 Å². The van der Waals surface area contributed by atoms with E-state index < -0.39 is 23.5 Å². The molecule has 0 heterocycles. The van der Waals surface area contributed by atoms with E-state index in [4.69, 9.17) is 5.11 Å². The quantitative estimate of drug-likeness (QED) is 0.714. The molecule has 0 saturated carbocycles. The van der Waals surface area contributed by atoms with Crippen molar-refractivity contribution in [2.24, 2.45) is 5.41 Å². The summed E-state index contributed by atoms with van der Waals surface area (Å²) in [6, 6.07) is -1.20. The molecule has 0 aliphatic heterocycles. The molecule has 5 nitrogen and oxygen atoms in total. The van der Waals surface area contributed by atoms with Crippen molar-refractivity contribution in [2.45, 2.75) is 39.8 Å². The van der Waals surface area contributed by atoms with E-state index in [2.05, 4.69) is 0 Å². The molecule has 0 bridgehead atoms. The van der Waals surface area contributed by atoms with Crippen LogP contribution in [0.4, 0.5) is 0 Å². The number of aliphatic hydroxyl groups excluding tert-OH is 1. The van der Waals surface area contributed by atoms with Crippen molar-refractivity contribution >= 4 is 11.9 Å². The largest absolute Gasteiger partial charge is 0.480 e. The van der Waals surface area contributed by atoms with Crippen LogP contribution in [0.5, 0.6) is 0 Å². The van der Waals surface area contributed by atoms with Crippen molar-refractivity contribution in [1.29, 1.82) is 0 Å². The molecule has 5 heteroatoms. The van der Waals surface area contributed by atoms with E-state index in [1.165, 1.54) is 14.0 Å². The zero-order valence-corrected chi connectivity index (χ0v) is 9.81. The number of rotatable bonds is 3. The first kappa shape index (κ1) is 13.9. The Kier molecular flexibility index (Phi) is 4.27. The number of carbonyl (C=O) groups is 2. The Balaban J connectivity index is 4.88. The van der Waals surface area contributed by atoms with E-state index in [9.17, 15) is 14.7 Å². The Morgan fingerprint density at radius 2 is 1.67 bits per heavy atom. The molecule has 0 aliphatic rings. The van der Waals surface area contributed by atoms with Crippen LogP contribution in [-0.2, 0) is 9.59 Å². The maximum Gasteiger partial charge on any atom is 0.329 e. The molecule has 1 amide bonds. The molecule has 2 atom stereocenters. The summed E-state index contributed by atoms with van der Waals surface area (Å²) in [6.45, 7) is 6.46. The summed E-state index contributed by atoms with van der Waals surface area (Å²) in [5.74, 6) is -1.51. The van der Waals surface area contributed by atoms with Gasteiger partial charge >= 0.3 is 5.97 Å². The van der Waals surface area contributed by atoms with E-state index in [0.717, 1.165) is 4.90 Å². The van der Waals surface area contributed by atoms with Crippen LogP contribution >= 0.6 is 0 Å². The summed E-state index contributed by atoms with van der Waals surface area (Å²) in [5, 5.41) is 18.2. The van der Waals surface area contributed by atoms with Crippen molar-refractivity contribution in [1.82, 2.24) is 4.90 Å². The molecule has 0 unspecified atom stereocenters. The minimum absolute atomic E-state index is 0.309. The topological polar surface area (TPSA) is 77.8 Å². The van der Waals surface area contributed by atoms with Gasteiger partial charge in [0.1, 0.15) is 0 Å². The molecule has 0 radical (unpaired) electrons. The second-order valence-corrected chi connectivity index (χ2v) is 4.69. The van der Waals surface area contributed by atoms with Gasteiger partial charge in [0.15, 0.2) is 6.04 Å². The predicted octanol–water partition coefficient (Wildman–Crippen LogP) is 0.325. The molecule has 2 N–H and O–H groups in total. The monoisotopic (exact) mass is 217 g/mol. The maximum atomic E-state index is 11.8. The first-order valence-electron chi connectivity index (χ1n) is 4.77. The second-order valence-electron chi connectivity index (χ2n) is 4.69. The van der Waals surface area contributed by atoms with E-state index in [1.54, 1.807) is 20.8 Å². The number of hydrogen-bond acceptors (Lipinski definition) is 3. The van der Waals surface area contributed by atoms with Gasteiger partial charge in [-0.3, -0.25) is 4.79 Å². The SMILES string of the molecule is C[C@@H](O)[C@@H](C(=O)O)N(C)C(=O)C(C)(C)C. The molecule has 0 aromatic carbocycles. The van der Waals surface area contributed by atoms with Crippen LogP contribution in [-0.4, -0.2) is 46.2 Å². The number of aliphatic carboxylic acids is 1. The third-order valence-corrected chi connectivity index (χ3v) is 2.09. The van der Waals surface area contributed by atoms with Gasteiger partial charge in [-0.15, -0.1) is 0 Å². The highest BCUT2D eigenvalue weighted by molar-refractivity contribution is 5.86. The van der Waals surface area contributed by atoms with Crippen LogP contribution in [0.15, 0.2) is 0 Å². The average Bonchev–Trinajstić information content (AvgIpc) is 1.99. The fraction of sp³-hybridized carbons (Fsp3) is 0.800. The molecule has 0 saturated heterocycles. The Labute approximate surface area is 89.7 Å². The Hall–Kier alpha value is -1.10. The van der Waals surface area contributed by atoms with Crippen LogP contribution in [0.2, 0.25) is 0 Å². The Morgan fingerprint density at radius 1 is 1.27 bits per heavy atom. The van der Waals surface area contributed by atoms with Gasteiger partial charge in [0, 0.05) is 12.5 Å². The van der Waals surface area contributed by atoms with Crippen LogP contribution in [0, 0.1) is 5.41 Å².